The van der Waals surface area contributed by atoms with Gasteiger partial charge >= 0.3 is 0 Å². The summed E-state index contributed by atoms with van der Waals surface area (Å²) in [5.41, 5.74) is 2.57. The molecule has 20 heavy (non-hydrogen) atoms. The van der Waals surface area contributed by atoms with E-state index in [4.69, 9.17) is 11.6 Å². The van der Waals surface area contributed by atoms with E-state index in [1.807, 2.05) is 6.26 Å². The van der Waals surface area contributed by atoms with Crippen LogP contribution < -0.4 is 5.32 Å². The highest BCUT2D eigenvalue weighted by Gasteiger charge is 2.03. The first-order chi connectivity index (χ1) is 9.58. The van der Waals surface area contributed by atoms with Crippen LogP contribution in [0.15, 0.2) is 35.5 Å². The maximum Gasteiger partial charge on any atom is 0.190 e. The molecule has 0 bridgehead atoms. The van der Waals surface area contributed by atoms with Crippen molar-refractivity contribution in [1.29, 1.82) is 0 Å². The van der Waals surface area contributed by atoms with Crippen molar-refractivity contribution in [2.24, 2.45) is 0 Å². The second-order valence-corrected chi connectivity index (χ2v) is 5.97. The number of thioether (sulfide) groups is 1. The maximum atomic E-state index is 5.96. The normalized spacial score (nSPS) is 10.8. The van der Waals surface area contributed by atoms with Gasteiger partial charge in [0.25, 0.3) is 0 Å². The van der Waals surface area contributed by atoms with Crippen molar-refractivity contribution >= 4 is 29.2 Å². The molecular formula is C15H18ClN3S. The van der Waals surface area contributed by atoms with Gasteiger partial charge in [0.05, 0.1) is 0 Å². The third-order valence-corrected chi connectivity index (χ3v) is 3.72. The molecule has 0 fully saturated rings. The molecule has 0 spiro atoms. The van der Waals surface area contributed by atoms with Gasteiger partial charge < -0.3 is 5.32 Å². The van der Waals surface area contributed by atoms with Crippen molar-refractivity contribution in [3.8, 4) is 0 Å². The molecule has 0 atom stereocenters. The fourth-order valence-electron chi connectivity index (χ4n) is 1.79. The van der Waals surface area contributed by atoms with Crippen molar-refractivity contribution in [3.63, 3.8) is 0 Å². The van der Waals surface area contributed by atoms with Gasteiger partial charge in [-0.25, -0.2) is 9.97 Å². The SMILES string of the molecule is CSc1nc(Cl)cc(NCc2ccc(C(C)C)cc2)n1. The molecule has 5 heteroatoms. The van der Waals surface area contributed by atoms with Gasteiger partial charge in [0.1, 0.15) is 11.0 Å². The summed E-state index contributed by atoms with van der Waals surface area (Å²) >= 11 is 7.44. The molecule has 0 unspecified atom stereocenters. The first-order valence-electron chi connectivity index (χ1n) is 6.49. The monoisotopic (exact) mass is 307 g/mol. The Morgan fingerprint density at radius 1 is 1.20 bits per heavy atom. The minimum absolute atomic E-state index is 0.460. The second kappa shape index (κ2) is 6.95. The quantitative estimate of drug-likeness (QED) is 0.498. The molecule has 1 aromatic heterocycles. The highest BCUT2D eigenvalue weighted by molar-refractivity contribution is 7.98. The molecule has 106 valence electrons. The third-order valence-electron chi connectivity index (χ3n) is 2.98. The minimum Gasteiger partial charge on any atom is -0.366 e. The molecular weight excluding hydrogens is 290 g/mol. The zero-order valence-electron chi connectivity index (χ0n) is 11.9. The minimum atomic E-state index is 0.460. The van der Waals surface area contributed by atoms with E-state index in [1.54, 1.807) is 6.07 Å². The molecule has 1 N–H and O–H groups in total. The first kappa shape index (κ1) is 15.1. The number of hydrogen-bond acceptors (Lipinski definition) is 4. The molecule has 3 nitrogen and oxygen atoms in total. The largest absolute Gasteiger partial charge is 0.366 e. The van der Waals surface area contributed by atoms with Crippen LogP contribution in [0.4, 0.5) is 5.82 Å². The maximum absolute atomic E-state index is 5.96. The molecule has 0 saturated carbocycles. The zero-order chi connectivity index (χ0) is 14.5. The summed E-state index contributed by atoms with van der Waals surface area (Å²) in [6.45, 7) is 5.11. The number of nitrogens with zero attached hydrogens (tertiary/aromatic N) is 2. The lowest BCUT2D eigenvalue weighted by atomic mass is 10.0. The first-order valence-corrected chi connectivity index (χ1v) is 8.10. The molecule has 0 radical (unpaired) electrons. The number of halogens is 1. The summed E-state index contributed by atoms with van der Waals surface area (Å²) in [5, 5.41) is 4.41. The lowest BCUT2D eigenvalue weighted by Gasteiger charge is -2.09. The number of nitrogens with one attached hydrogen (secondary N) is 1. The van der Waals surface area contributed by atoms with Gasteiger partial charge in [0.15, 0.2) is 5.16 Å². The third kappa shape index (κ3) is 4.12. The molecule has 1 heterocycles. The van der Waals surface area contributed by atoms with E-state index in [2.05, 4.69) is 53.4 Å². The van der Waals surface area contributed by atoms with Crippen molar-refractivity contribution in [2.75, 3.05) is 11.6 Å². The van der Waals surface area contributed by atoms with E-state index in [0.717, 1.165) is 12.4 Å². The van der Waals surface area contributed by atoms with Gasteiger partial charge in [0.2, 0.25) is 0 Å². The highest BCUT2D eigenvalue weighted by atomic mass is 35.5. The number of aromatic nitrogens is 2. The zero-order valence-corrected chi connectivity index (χ0v) is 13.4. The Hall–Kier alpha value is -1.26. The standard InChI is InChI=1S/C15H18ClN3S/c1-10(2)12-6-4-11(5-7-12)9-17-14-8-13(16)18-15(19-14)20-3/h4-8,10H,9H2,1-3H3,(H,17,18,19). The molecule has 2 aromatic rings. The molecule has 0 amide bonds. The molecule has 0 aliphatic heterocycles. The highest BCUT2D eigenvalue weighted by Crippen LogP contribution is 2.18. The van der Waals surface area contributed by atoms with Crippen LogP contribution in [0.1, 0.15) is 30.9 Å². The van der Waals surface area contributed by atoms with Crippen LogP contribution in [-0.4, -0.2) is 16.2 Å². The van der Waals surface area contributed by atoms with Crippen LogP contribution in [-0.2, 0) is 6.54 Å². The van der Waals surface area contributed by atoms with Gasteiger partial charge in [-0.05, 0) is 23.3 Å². The van der Waals surface area contributed by atoms with Crippen LogP contribution >= 0.6 is 23.4 Å². The van der Waals surface area contributed by atoms with Crippen LogP contribution in [0, 0.1) is 0 Å². The van der Waals surface area contributed by atoms with Crippen molar-refractivity contribution in [3.05, 3.63) is 46.6 Å². The van der Waals surface area contributed by atoms with E-state index in [1.165, 1.54) is 22.9 Å². The van der Waals surface area contributed by atoms with Crippen molar-refractivity contribution in [2.45, 2.75) is 31.5 Å². The van der Waals surface area contributed by atoms with E-state index in [9.17, 15) is 0 Å². The molecule has 0 aliphatic rings. The van der Waals surface area contributed by atoms with E-state index < -0.39 is 0 Å². The van der Waals surface area contributed by atoms with Crippen LogP contribution in [0.25, 0.3) is 0 Å². The summed E-state index contributed by atoms with van der Waals surface area (Å²) in [6, 6.07) is 10.4. The average Bonchev–Trinajstić information content (AvgIpc) is 2.45. The number of rotatable bonds is 5. The topological polar surface area (TPSA) is 37.8 Å². The Bertz CT molecular complexity index is 570. The van der Waals surface area contributed by atoms with Gasteiger partial charge in [-0.15, -0.1) is 0 Å². The number of hydrogen-bond donors (Lipinski definition) is 1. The summed E-state index contributed by atoms with van der Waals surface area (Å²) in [4.78, 5) is 8.48. The average molecular weight is 308 g/mol. The molecule has 0 aliphatic carbocycles. The Kier molecular flexibility index (Phi) is 5.26. The summed E-state index contributed by atoms with van der Waals surface area (Å²) in [7, 11) is 0. The fourth-order valence-corrected chi connectivity index (χ4v) is 2.40. The predicted octanol–water partition coefficient (Wildman–Crippen LogP) is 4.59. The van der Waals surface area contributed by atoms with Crippen LogP contribution in [0.3, 0.4) is 0 Å². The van der Waals surface area contributed by atoms with Crippen LogP contribution in [0.2, 0.25) is 5.15 Å². The number of benzene rings is 1. The Morgan fingerprint density at radius 3 is 2.50 bits per heavy atom. The lowest BCUT2D eigenvalue weighted by Crippen LogP contribution is -2.03. The molecule has 2 rings (SSSR count). The lowest BCUT2D eigenvalue weighted by molar-refractivity contribution is 0.865. The Morgan fingerprint density at radius 2 is 1.90 bits per heavy atom. The summed E-state index contributed by atoms with van der Waals surface area (Å²) in [5.74, 6) is 1.31. The van der Waals surface area contributed by atoms with Gasteiger partial charge in [-0.1, -0.05) is 61.5 Å². The summed E-state index contributed by atoms with van der Waals surface area (Å²) in [6.07, 6.45) is 1.93. The van der Waals surface area contributed by atoms with Gasteiger partial charge in [-0.3, -0.25) is 0 Å². The van der Waals surface area contributed by atoms with Gasteiger partial charge in [-0.2, -0.15) is 0 Å². The van der Waals surface area contributed by atoms with Crippen molar-refractivity contribution < 1.29 is 0 Å². The summed E-state index contributed by atoms with van der Waals surface area (Å²) < 4.78 is 0. The van der Waals surface area contributed by atoms with Gasteiger partial charge in [0, 0.05) is 12.6 Å². The predicted molar refractivity (Wildman–Crippen MR) is 86.7 cm³/mol. The number of anilines is 1. The van der Waals surface area contributed by atoms with Crippen LogP contribution in [0.5, 0.6) is 0 Å². The van der Waals surface area contributed by atoms with E-state index >= 15 is 0 Å². The molecule has 1 aromatic carbocycles. The molecule has 0 saturated heterocycles. The Balaban J connectivity index is 2.03. The van der Waals surface area contributed by atoms with E-state index in [0.29, 0.717) is 16.2 Å². The Labute approximate surface area is 129 Å². The smallest absolute Gasteiger partial charge is 0.190 e. The van der Waals surface area contributed by atoms with Crippen molar-refractivity contribution in [1.82, 2.24) is 9.97 Å². The van der Waals surface area contributed by atoms with E-state index in [-0.39, 0.29) is 0 Å². The fraction of sp³-hybridized carbons (Fsp3) is 0.333. The second-order valence-electron chi connectivity index (χ2n) is 4.81.